The minimum Gasteiger partial charge on any atom is -0.303 e. The Morgan fingerprint density at radius 1 is 1.19 bits per heavy atom. The van der Waals surface area contributed by atoms with E-state index in [-0.39, 0.29) is 18.1 Å². The van der Waals surface area contributed by atoms with Crippen molar-refractivity contribution in [3.05, 3.63) is 64.2 Å². The molecule has 1 aromatic carbocycles. The van der Waals surface area contributed by atoms with Crippen molar-refractivity contribution in [2.24, 2.45) is 5.92 Å². The van der Waals surface area contributed by atoms with Crippen molar-refractivity contribution in [1.82, 2.24) is 19.6 Å². The van der Waals surface area contributed by atoms with Gasteiger partial charge in [0.1, 0.15) is 16.5 Å². The SMILES string of the molecule is Cc1ccc2nc(-c3ccc(F)c(C)c3)c(CC(=O)Nc3nnc(CC(C)C)s3)n2c1. The van der Waals surface area contributed by atoms with E-state index < -0.39 is 0 Å². The van der Waals surface area contributed by atoms with E-state index in [4.69, 9.17) is 4.98 Å². The van der Waals surface area contributed by atoms with Gasteiger partial charge in [0.25, 0.3) is 0 Å². The summed E-state index contributed by atoms with van der Waals surface area (Å²) in [6, 6.07) is 8.78. The molecule has 0 aliphatic heterocycles. The maximum Gasteiger partial charge on any atom is 0.232 e. The largest absolute Gasteiger partial charge is 0.303 e. The molecule has 0 radical (unpaired) electrons. The number of hydrogen-bond donors (Lipinski definition) is 1. The molecule has 31 heavy (non-hydrogen) atoms. The van der Waals surface area contributed by atoms with Crippen LogP contribution in [0.1, 0.15) is 35.7 Å². The minimum atomic E-state index is -0.267. The van der Waals surface area contributed by atoms with Gasteiger partial charge in [-0.05, 0) is 55.2 Å². The van der Waals surface area contributed by atoms with Crippen LogP contribution in [-0.4, -0.2) is 25.5 Å². The number of halogens is 1. The Morgan fingerprint density at radius 3 is 2.74 bits per heavy atom. The van der Waals surface area contributed by atoms with Crippen LogP contribution in [0.5, 0.6) is 0 Å². The van der Waals surface area contributed by atoms with Gasteiger partial charge in [-0.3, -0.25) is 4.79 Å². The number of pyridine rings is 1. The molecule has 0 aliphatic carbocycles. The number of benzene rings is 1. The third-order valence-corrected chi connectivity index (χ3v) is 5.78. The first-order valence-corrected chi connectivity index (χ1v) is 11.0. The molecule has 0 fully saturated rings. The molecule has 0 atom stereocenters. The van der Waals surface area contributed by atoms with Crippen LogP contribution >= 0.6 is 11.3 Å². The van der Waals surface area contributed by atoms with Crippen LogP contribution in [0.25, 0.3) is 16.9 Å². The number of nitrogens with zero attached hydrogens (tertiary/aromatic N) is 4. The monoisotopic (exact) mass is 437 g/mol. The summed E-state index contributed by atoms with van der Waals surface area (Å²) in [5.41, 5.74) is 4.51. The fraction of sp³-hybridized carbons (Fsp3) is 0.304. The quantitative estimate of drug-likeness (QED) is 0.461. The molecule has 1 amide bonds. The second kappa shape index (κ2) is 8.55. The lowest BCUT2D eigenvalue weighted by Crippen LogP contribution is -2.16. The van der Waals surface area contributed by atoms with Crippen molar-refractivity contribution >= 4 is 28.0 Å². The summed E-state index contributed by atoms with van der Waals surface area (Å²) in [6.07, 6.45) is 2.89. The number of carbonyl (C=O) groups is 1. The molecule has 1 N–H and O–H groups in total. The van der Waals surface area contributed by atoms with E-state index in [1.807, 2.05) is 29.7 Å². The Labute approximate surface area is 184 Å². The fourth-order valence-corrected chi connectivity index (χ4v) is 4.41. The molecule has 0 aliphatic rings. The molecule has 0 spiro atoms. The van der Waals surface area contributed by atoms with Gasteiger partial charge in [0.15, 0.2) is 0 Å². The van der Waals surface area contributed by atoms with Crippen LogP contribution in [0, 0.1) is 25.6 Å². The standard InChI is InChI=1S/C23H24FN5OS/c1-13(2)9-21-27-28-23(31-21)26-20(30)11-18-22(16-6-7-17(24)15(4)10-16)25-19-8-5-14(3)12-29(18)19/h5-8,10,12-13H,9,11H2,1-4H3,(H,26,28,30). The summed E-state index contributed by atoms with van der Waals surface area (Å²) in [7, 11) is 0. The third kappa shape index (κ3) is 4.64. The average Bonchev–Trinajstić information content (AvgIpc) is 3.28. The summed E-state index contributed by atoms with van der Waals surface area (Å²) in [4.78, 5) is 17.6. The van der Waals surface area contributed by atoms with Gasteiger partial charge < -0.3 is 9.72 Å². The summed E-state index contributed by atoms with van der Waals surface area (Å²) in [5, 5.41) is 12.5. The van der Waals surface area contributed by atoms with E-state index in [0.29, 0.717) is 22.3 Å². The first kappa shape index (κ1) is 21.1. The highest BCUT2D eigenvalue weighted by Crippen LogP contribution is 2.27. The summed E-state index contributed by atoms with van der Waals surface area (Å²) in [5.74, 6) is 0.00591. The predicted molar refractivity (Wildman–Crippen MR) is 121 cm³/mol. The molecule has 0 unspecified atom stereocenters. The van der Waals surface area contributed by atoms with E-state index in [2.05, 4.69) is 29.4 Å². The molecule has 4 aromatic rings. The molecule has 0 saturated heterocycles. The molecule has 0 saturated carbocycles. The number of fused-ring (bicyclic) bond motifs is 1. The van der Waals surface area contributed by atoms with Gasteiger partial charge in [0.2, 0.25) is 11.0 Å². The van der Waals surface area contributed by atoms with Crippen LogP contribution in [-0.2, 0) is 17.6 Å². The van der Waals surface area contributed by atoms with Crippen LogP contribution in [0.4, 0.5) is 9.52 Å². The summed E-state index contributed by atoms with van der Waals surface area (Å²) >= 11 is 1.39. The van der Waals surface area contributed by atoms with Gasteiger partial charge in [-0.2, -0.15) is 0 Å². The summed E-state index contributed by atoms with van der Waals surface area (Å²) < 4.78 is 15.7. The van der Waals surface area contributed by atoms with E-state index >= 15 is 0 Å². The fourth-order valence-electron chi connectivity index (χ4n) is 3.44. The number of nitrogens with one attached hydrogen (secondary N) is 1. The van der Waals surface area contributed by atoms with Crippen molar-refractivity contribution in [3.63, 3.8) is 0 Å². The summed E-state index contributed by atoms with van der Waals surface area (Å²) in [6.45, 7) is 7.94. The molecule has 160 valence electrons. The number of aromatic nitrogens is 4. The lowest BCUT2D eigenvalue weighted by molar-refractivity contribution is -0.115. The zero-order chi connectivity index (χ0) is 22.1. The molecule has 0 bridgehead atoms. The molecule has 3 heterocycles. The van der Waals surface area contributed by atoms with Gasteiger partial charge in [0, 0.05) is 18.2 Å². The molecule has 8 heteroatoms. The van der Waals surface area contributed by atoms with E-state index in [9.17, 15) is 9.18 Å². The lowest BCUT2D eigenvalue weighted by atomic mass is 10.1. The number of aryl methyl sites for hydroxylation is 2. The average molecular weight is 438 g/mol. The maximum atomic E-state index is 13.8. The third-order valence-electron chi connectivity index (χ3n) is 4.92. The highest BCUT2D eigenvalue weighted by molar-refractivity contribution is 7.15. The van der Waals surface area contributed by atoms with Gasteiger partial charge in [-0.25, -0.2) is 9.37 Å². The smallest absolute Gasteiger partial charge is 0.232 e. The van der Waals surface area contributed by atoms with Crippen LogP contribution in [0.3, 0.4) is 0 Å². The number of carbonyl (C=O) groups excluding carboxylic acids is 1. The van der Waals surface area contributed by atoms with E-state index in [1.165, 1.54) is 17.4 Å². The maximum absolute atomic E-state index is 13.8. The Balaban J connectivity index is 1.66. The lowest BCUT2D eigenvalue weighted by Gasteiger charge is -2.07. The van der Waals surface area contributed by atoms with Crippen molar-refractivity contribution in [3.8, 4) is 11.3 Å². The van der Waals surface area contributed by atoms with Crippen molar-refractivity contribution in [2.45, 2.75) is 40.5 Å². The van der Waals surface area contributed by atoms with Gasteiger partial charge >= 0.3 is 0 Å². The van der Waals surface area contributed by atoms with Crippen molar-refractivity contribution < 1.29 is 9.18 Å². The molecule has 4 rings (SSSR count). The van der Waals surface area contributed by atoms with Gasteiger partial charge in [-0.1, -0.05) is 31.3 Å². The number of anilines is 1. The minimum absolute atomic E-state index is 0.107. The van der Waals surface area contributed by atoms with Gasteiger partial charge in [-0.15, -0.1) is 10.2 Å². The van der Waals surface area contributed by atoms with E-state index in [0.717, 1.165) is 33.9 Å². The Morgan fingerprint density at radius 2 is 2.00 bits per heavy atom. The van der Waals surface area contributed by atoms with E-state index in [1.54, 1.807) is 19.1 Å². The molecular formula is C23H24FN5OS. The van der Waals surface area contributed by atoms with Crippen molar-refractivity contribution in [2.75, 3.05) is 5.32 Å². The number of amides is 1. The normalized spacial score (nSPS) is 11.4. The number of imidazole rings is 1. The zero-order valence-electron chi connectivity index (χ0n) is 17.9. The Kier molecular flexibility index (Phi) is 5.82. The van der Waals surface area contributed by atoms with Crippen LogP contribution < -0.4 is 5.32 Å². The first-order chi connectivity index (χ1) is 14.8. The Bertz CT molecular complexity index is 1260. The highest BCUT2D eigenvalue weighted by Gasteiger charge is 2.19. The molecule has 6 nitrogen and oxygen atoms in total. The van der Waals surface area contributed by atoms with Crippen LogP contribution in [0.2, 0.25) is 0 Å². The highest BCUT2D eigenvalue weighted by atomic mass is 32.1. The second-order valence-corrected chi connectivity index (χ2v) is 9.19. The number of hydrogen-bond acceptors (Lipinski definition) is 5. The van der Waals surface area contributed by atoms with Crippen molar-refractivity contribution in [1.29, 1.82) is 0 Å². The number of rotatable bonds is 6. The first-order valence-electron chi connectivity index (χ1n) is 10.2. The zero-order valence-corrected chi connectivity index (χ0v) is 18.8. The second-order valence-electron chi connectivity index (χ2n) is 8.13. The topological polar surface area (TPSA) is 72.2 Å². The predicted octanol–water partition coefficient (Wildman–Crippen LogP) is 4.99. The van der Waals surface area contributed by atoms with Crippen LogP contribution in [0.15, 0.2) is 36.5 Å². The van der Waals surface area contributed by atoms with Gasteiger partial charge in [0.05, 0.1) is 17.8 Å². The Hall–Kier alpha value is -3.13. The molecule has 3 aromatic heterocycles. The molecular weight excluding hydrogens is 413 g/mol.